The highest BCUT2D eigenvalue weighted by Gasteiger charge is 2.05. The minimum absolute atomic E-state index is 1.05. The molecule has 0 spiro atoms. The first kappa shape index (κ1) is 16.2. The summed E-state index contributed by atoms with van der Waals surface area (Å²) in [6.07, 6.45) is 5.08. The Labute approximate surface area is 119 Å². The van der Waals surface area contributed by atoms with Crippen molar-refractivity contribution in [2.24, 2.45) is 0 Å². The summed E-state index contributed by atoms with van der Waals surface area (Å²) < 4.78 is 0. The number of rotatable bonds is 10. The van der Waals surface area contributed by atoms with Crippen molar-refractivity contribution in [3.05, 3.63) is 35.4 Å². The van der Waals surface area contributed by atoms with Crippen LogP contribution in [0.15, 0.2) is 24.3 Å². The van der Waals surface area contributed by atoms with E-state index in [9.17, 15) is 0 Å². The number of likely N-dealkylation sites (N-methyl/N-ethyl adjacent to an activating group) is 1. The van der Waals surface area contributed by atoms with Crippen molar-refractivity contribution in [2.75, 3.05) is 26.7 Å². The molecule has 0 radical (unpaired) electrons. The fourth-order valence-corrected chi connectivity index (χ4v) is 2.36. The summed E-state index contributed by atoms with van der Waals surface area (Å²) >= 11 is 0. The third-order valence-corrected chi connectivity index (χ3v) is 3.52. The van der Waals surface area contributed by atoms with Crippen LogP contribution in [0, 0.1) is 0 Å². The average molecular weight is 262 g/mol. The van der Waals surface area contributed by atoms with Crippen LogP contribution < -0.4 is 5.32 Å². The Morgan fingerprint density at radius 3 is 2.47 bits per heavy atom. The van der Waals surface area contributed by atoms with E-state index in [1.165, 1.54) is 36.9 Å². The molecule has 1 aromatic carbocycles. The van der Waals surface area contributed by atoms with Gasteiger partial charge in [-0.3, -0.25) is 0 Å². The first-order valence-corrected chi connectivity index (χ1v) is 7.74. The van der Waals surface area contributed by atoms with Gasteiger partial charge in [0.05, 0.1) is 0 Å². The molecular weight excluding hydrogens is 232 g/mol. The molecule has 1 aromatic rings. The van der Waals surface area contributed by atoms with Crippen molar-refractivity contribution < 1.29 is 0 Å². The Kier molecular flexibility index (Phi) is 8.52. The maximum absolute atomic E-state index is 3.41. The minimum Gasteiger partial charge on any atom is -0.317 e. The third kappa shape index (κ3) is 6.74. The van der Waals surface area contributed by atoms with E-state index in [0.717, 1.165) is 26.1 Å². The minimum atomic E-state index is 1.05. The fraction of sp³-hybridized carbons (Fsp3) is 0.647. The molecule has 0 unspecified atom stereocenters. The molecular formula is C17H30N2. The highest BCUT2D eigenvalue weighted by molar-refractivity contribution is 5.27. The van der Waals surface area contributed by atoms with Gasteiger partial charge < -0.3 is 10.2 Å². The molecule has 0 atom stereocenters. The van der Waals surface area contributed by atoms with Crippen LogP contribution in [0.4, 0.5) is 0 Å². The van der Waals surface area contributed by atoms with Crippen LogP contribution in [0.3, 0.4) is 0 Å². The van der Waals surface area contributed by atoms with Gasteiger partial charge in [-0.15, -0.1) is 0 Å². The number of hydrogen-bond acceptors (Lipinski definition) is 2. The van der Waals surface area contributed by atoms with Gasteiger partial charge in [0.25, 0.3) is 0 Å². The standard InChI is InChI=1S/C17H30N2/c1-4-6-9-14-19(3)15-17-11-8-7-10-16(17)12-13-18-5-2/h7-8,10-11,18H,4-6,9,12-15H2,1-3H3. The molecule has 0 aliphatic rings. The number of benzene rings is 1. The second-order valence-electron chi connectivity index (χ2n) is 5.32. The second-order valence-corrected chi connectivity index (χ2v) is 5.32. The molecule has 0 aliphatic heterocycles. The van der Waals surface area contributed by atoms with E-state index in [2.05, 4.69) is 55.4 Å². The first-order valence-electron chi connectivity index (χ1n) is 7.74. The van der Waals surface area contributed by atoms with Crippen LogP contribution in [-0.4, -0.2) is 31.6 Å². The molecule has 1 N–H and O–H groups in total. The summed E-state index contributed by atoms with van der Waals surface area (Å²) in [4.78, 5) is 2.45. The highest BCUT2D eigenvalue weighted by Crippen LogP contribution is 2.12. The predicted molar refractivity (Wildman–Crippen MR) is 84.5 cm³/mol. The maximum atomic E-state index is 3.41. The summed E-state index contributed by atoms with van der Waals surface area (Å²) in [6.45, 7) is 8.83. The van der Waals surface area contributed by atoms with Crippen molar-refractivity contribution in [2.45, 2.75) is 46.1 Å². The van der Waals surface area contributed by atoms with Gasteiger partial charge in [0, 0.05) is 6.54 Å². The molecule has 0 heterocycles. The van der Waals surface area contributed by atoms with E-state index >= 15 is 0 Å². The molecule has 108 valence electrons. The van der Waals surface area contributed by atoms with Gasteiger partial charge in [-0.1, -0.05) is 51.0 Å². The predicted octanol–water partition coefficient (Wildman–Crippen LogP) is 3.46. The van der Waals surface area contributed by atoms with Crippen LogP contribution in [0.2, 0.25) is 0 Å². The van der Waals surface area contributed by atoms with Crippen LogP contribution >= 0.6 is 0 Å². The second kappa shape index (κ2) is 9.99. The van der Waals surface area contributed by atoms with E-state index in [4.69, 9.17) is 0 Å². The monoisotopic (exact) mass is 262 g/mol. The van der Waals surface area contributed by atoms with E-state index in [1.54, 1.807) is 0 Å². The quantitative estimate of drug-likeness (QED) is 0.650. The van der Waals surface area contributed by atoms with Crippen molar-refractivity contribution in [1.82, 2.24) is 10.2 Å². The summed E-state index contributed by atoms with van der Waals surface area (Å²) in [7, 11) is 2.23. The summed E-state index contributed by atoms with van der Waals surface area (Å²) in [6, 6.07) is 8.86. The molecule has 0 saturated carbocycles. The molecule has 1 rings (SSSR count). The Balaban J connectivity index is 2.46. The van der Waals surface area contributed by atoms with Crippen LogP contribution in [0.1, 0.15) is 44.2 Å². The molecule has 2 nitrogen and oxygen atoms in total. The zero-order valence-electron chi connectivity index (χ0n) is 12.9. The highest BCUT2D eigenvalue weighted by atomic mass is 15.1. The lowest BCUT2D eigenvalue weighted by atomic mass is 10.0. The van der Waals surface area contributed by atoms with Crippen LogP contribution in [-0.2, 0) is 13.0 Å². The lowest BCUT2D eigenvalue weighted by molar-refractivity contribution is 0.317. The summed E-state index contributed by atoms with van der Waals surface area (Å²) in [5, 5.41) is 3.41. The smallest absolute Gasteiger partial charge is 0.0233 e. The zero-order valence-corrected chi connectivity index (χ0v) is 12.9. The topological polar surface area (TPSA) is 15.3 Å². The normalized spacial score (nSPS) is 11.2. The maximum Gasteiger partial charge on any atom is 0.0233 e. The van der Waals surface area contributed by atoms with Gasteiger partial charge in [-0.25, -0.2) is 0 Å². The average Bonchev–Trinajstić information content (AvgIpc) is 2.41. The van der Waals surface area contributed by atoms with Crippen LogP contribution in [0.5, 0.6) is 0 Å². The Morgan fingerprint density at radius 1 is 1.05 bits per heavy atom. The van der Waals surface area contributed by atoms with E-state index in [1.807, 2.05) is 0 Å². The van der Waals surface area contributed by atoms with E-state index in [0.29, 0.717) is 0 Å². The molecule has 0 amide bonds. The SMILES string of the molecule is CCCCCN(C)Cc1ccccc1CCNCC. The zero-order chi connectivity index (χ0) is 13.9. The molecule has 0 aromatic heterocycles. The molecule has 2 heteroatoms. The molecule has 0 bridgehead atoms. The van der Waals surface area contributed by atoms with Gasteiger partial charge in [-0.05, 0) is 50.7 Å². The Bertz CT molecular complexity index is 336. The van der Waals surface area contributed by atoms with Crippen molar-refractivity contribution >= 4 is 0 Å². The molecule has 0 aliphatic carbocycles. The van der Waals surface area contributed by atoms with Gasteiger partial charge in [-0.2, -0.15) is 0 Å². The van der Waals surface area contributed by atoms with E-state index in [-0.39, 0.29) is 0 Å². The van der Waals surface area contributed by atoms with Gasteiger partial charge >= 0.3 is 0 Å². The number of nitrogens with one attached hydrogen (secondary N) is 1. The lowest BCUT2D eigenvalue weighted by Gasteiger charge is -2.19. The fourth-order valence-electron chi connectivity index (χ4n) is 2.36. The molecule has 0 saturated heterocycles. The van der Waals surface area contributed by atoms with E-state index < -0.39 is 0 Å². The number of hydrogen-bond donors (Lipinski definition) is 1. The Morgan fingerprint density at radius 2 is 1.79 bits per heavy atom. The van der Waals surface area contributed by atoms with Crippen molar-refractivity contribution in [3.8, 4) is 0 Å². The first-order chi connectivity index (χ1) is 9.27. The third-order valence-electron chi connectivity index (χ3n) is 3.52. The largest absolute Gasteiger partial charge is 0.317 e. The van der Waals surface area contributed by atoms with Gasteiger partial charge in [0.15, 0.2) is 0 Å². The van der Waals surface area contributed by atoms with Crippen molar-refractivity contribution in [1.29, 1.82) is 0 Å². The molecule has 0 fully saturated rings. The summed E-state index contributed by atoms with van der Waals surface area (Å²) in [5.74, 6) is 0. The van der Waals surface area contributed by atoms with Gasteiger partial charge in [0.1, 0.15) is 0 Å². The summed E-state index contributed by atoms with van der Waals surface area (Å²) in [5.41, 5.74) is 2.98. The molecule has 19 heavy (non-hydrogen) atoms. The number of nitrogens with zero attached hydrogens (tertiary/aromatic N) is 1. The van der Waals surface area contributed by atoms with Gasteiger partial charge in [0.2, 0.25) is 0 Å². The van der Waals surface area contributed by atoms with Crippen molar-refractivity contribution in [3.63, 3.8) is 0 Å². The van der Waals surface area contributed by atoms with Crippen LogP contribution in [0.25, 0.3) is 0 Å². The Hall–Kier alpha value is -0.860. The lowest BCUT2D eigenvalue weighted by Crippen LogP contribution is -2.21. The number of unbranched alkanes of at least 4 members (excludes halogenated alkanes) is 2.